The molecule has 0 radical (unpaired) electrons. The summed E-state index contributed by atoms with van der Waals surface area (Å²) in [6.45, 7) is 2.75. The summed E-state index contributed by atoms with van der Waals surface area (Å²) in [4.78, 5) is 14.7. The Bertz CT molecular complexity index is 1030. The Hall–Kier alpha value is -2.05. The van der Waals surface area contributed by atoms with Crippen LogP contribution in [0.15, 0.2) is 48.5 Å². The molecule has 1 fully saturated rings. The van der Waals surface area contributed by atoms with Crippen LogP contribution in [0.2, 0.25) is 10.0 Å². The van der Waals surface area contributed by atoms with Gasteiger partial charge in [-0.3, -0.25) is 0 Å². The van der Waals surface area contributed by atoms with Gasteiger partial charge in [0.25, 0.3) is 0 Å². The van der Waals surface area contributed by atoms with Gasteiger partial charge in [0, 0.05) is 18.7 Å². The highest BCUT2D eigenvalue weighted by Crippen LogP contribution is 2.44. The molecule has 0 aliphatic carbocycles. The molecule has 29 heavy (non-hydrogen) atoms. The van der Waals surface area contributed by atoms with Crippen molar-refractivity contribution in [3.63, 3.8) is 0 Å². The molecule has 0 unspecified atom stereocenters. The minimum absolute atomic E-state index is 0.358. The van der Waals surface area contributed by atoms with Gasteiger partial charge >= 0.3 is 5.97 Å². The minimum Gasteiger partial charge on any atom is -0.477 e. The molecule has 1 saturated heterocycles. The normalized spacial score (nSPS) is 14.2. The number of benzene rings is 2. The summed E-state index contributed by atoms with van der Waals surface area (Å²) >= 11 is 13.6. The second-order valence-electron chi connectivity index (χ2n) is 6.79. The van der Waals surface area contributed by atoms with E-state index in [-0.39, 0.29) is 0 Å². The number of carboxylic acids is 1. The molecule has 1 N–H and O–H groups in total. The number of nitrogens with zero attached hydrogens (tertiary/aromatic N) is 1. The van der Waals surface area contributed by atoms with Crippen molar-refractivity contribution in [2.45, 2.75) is 6.42 Å². The van der Waals surface area contributed by atoms with Gasteiger partial charge in [-0.05, 0) is 35.2 Å². The first-order valence-electron chi connectivity index (χ1n) is 9.25. The highest BCUT2D eigenvalue weighted by Gasteiger charge is 2.27. The third-order valence-corrected chi connectivity index (χ3v) is 6.93. The van der Waals surface area contributed by atoms with Crippen molar-refractivity contribution in [2.75, 3.05) is 31.2 Å². The standard InChI is InChI=1S/C22H19Cl2NO3S/c23-17-7-6-14(13-18(17)24)12-16-19(15-4-2-1-3-5-15)21(29-20(16)22(26)27)25-8-10-28-11-9-25/h1-7,13H,8-12H2,(H,26,27). The summed E-state index contributed by atoms with van der Waals surface area (Å²) in [5, 5.41) is 11.9. The Kier molecular flexibility index (Phi) is 6.11. The minimum atomic E-state index is -0.915. The molecular weight excluding hydrogens is 429 g/mol. The number of rotatable bonds is 5. The number of carboxylic acid groups (broad SMARTS) is 1. The highest BCUT2D eigenvalue weighted by atomic mass is 35.5. The number of halogens is 2. The van der Waals surface area contributed by atoms with E-state index in [1.54, 1.807) is 12.1 Å². The van der Waals surface area contributed by atoms with E-state index in [0.717, 1.165) is 40.3 Å². The summed E-state index contributed by atoms with van der Waals surface area (Å²) in [6, 6.07) is 15.4. The molecule has 2 heterocycles. The van der Waals surface area contributed by atoms with Crippen LogP contribution in [0, 0.1) is 0 Å². The fourth-order valence-corrected chi connectivity index (χ4v) is 5.09. The van der Waals surface area contributed by atoms with Crippen LogP contribution in [0.5, 0.6) is 0 Å². The van der Waals surface area contributed by atoms with Gasteiger partial charge in [-0.1, -0.05) is 59.6 Å². The Morgan fingerprint density at radius 2 is 1.79 bits per heavy atom. The van der Waals surface area contributed by atoms with Crippen LogP contribution in [0.4, 0.5) is 5.00 Å². The van der Waals surface area contributed by atoms with Gasteiger partial charge in [-0.25, -0.2) is 4.79 Å². The average Bonchev–Trinajstić information content (AvgIpc) is 3.11. The lowest BCUT2D eigenvalue weighted by Gasteiger charge is -2.29. The van der Waals surface area contributed by atoms with Crippen molar-refractivity contribution in [3.8, 4) is 11.1 Å². The number of carbonyl (C=O) groups is 1. The van der Waals surface area contributed by atoms with Gasteiger partial charge < -0.3 is 14.7 Å². The first kappa shape index (κ1) is 20.2. The Morgan fingerprint density at radius 3 is 2.45 bits per heavy atom. The number of morpholine rings is 1. The van der Waals surface area contributed by atoms with Crippen LogP contribution < -0.4 is 4.90 Å². The van der Waals surface area contributed by atoms with Crippen molar-refractivity contribution < 1.29 is 14.6 Å². The fraction of sp³-hybridized carbons (Fsp3) is 0.227. The second kappa shape index (κ2) is 8.76. The Balaban J connectivity index is 1.88. The van der Waals surface area contributed by atoms with E-state index >= 15 is 0 Å². The Labute approximate surface area is 183 Å². The molecule has 1 aliphatic heterocycles. The molecule has 3 aromatic rings. The largest absolute Gasteiger partial charge is 0.477 e. The first-order chi connectivity index (χ1) is 14.0. The van der Waals surface area contributed by atoms with Crippen LogP contribution in [0.1, 0.15) is 20.8 Å². The predicted octanol–water partition coefficient (Wildman–Crippen LogP) is 5.85. The number of thiophene rings is 1. The van der Waals surface area contributed by atoms with Crippen molar-refractivity contribution in [1.29, 1.82) is 0 Å². The van der Waals surface area contributed by atoms with E-state index in [1.165, 1.54) is 11.3 Å². The lowest BCUT2D eigenvalue weighted by atomic mass is 9.96. The third-order valence-electron chi connectivity index (χ3n) is 4.91. The molecule has 1 aliphatic rings. The maximum absolute atomic E-state index is 12.1. The maximum Gasteiger partial charge on any atom is 0.346 e. The number of hydrogen-bond donors (Lipinski definition) is 1. The topological polar surface area (TPSA) is 49.8 Å². The first-order valence-corrected chi connectivity index (χ1v) is 10.8. The molecule has 0 amide bonds. The van der Waals surface area contributed by atoms with Crippen LogP contribution in [-0.2, 0) is 11.2 Å². The highest BCUT2D eigenvalue weighted by molar-refractivity contribution is 7.18. The van der Waals surface area contributed by atoms with Gasteiger partial charge in [-0.2, -0.15) is 0 Å². The zero-order valence-corrected chi connectivity index (χ0v) is 17.9. The number of anilines is 1. The number of hydrogen-bond acceptors (Lipinski definition) is 4. The van der Waals surface area contributed by atoms with Gasteiger partial charge in [0.15, 0.2) is 0 Å². The van der Waals surface area contributed by atoms with Crippen LogP contribution in [0.3, 0.4) is 0 Å². The smallest absolute Gasteiger partial charge is 0.346 e. The summed E-state index contributed by atoms with van der Waals surface area (Å²) < 4.78 is 5.49. The molecule has 150 valence electrons. The fourth-order valence-electron chi connectivity index (χ4n) is 3.54. The number of ether oxygens (including phenoxy) is 1. The van der Waals surface area contributed by atoms with Gasteiger partial charge in [0.2, 0.25) is 0 Å². The molecular formula is C22H19Cl2NO3S. The summed E-state index contributed by atoms with van der Waals surface area (Å²) in [7, 11) is 0. The van der Waals surface area contributed by atoms with E-state index in [9.17, 15) is 9.90 Å². The van der Waals surface area contributed by atoms with Crippen molar-refractivity contribution in [3.05, 3.63) is 74.6 Å². The third kappa shape index (κ3) is 4.28. The predicted molar refractivity (Wildman–Crippen MR) is 119 cm³/mol. The zero-order valence-electron chi connectivity index (χ0n) is 15.5. The van der Waals surface area contributed by atoms with Crippen LogP contribution in [-0.4, -0.2) is 37.4 Å². The van der Waals surface area contributed by atoms with E-state index in [0.29, 0.717) is 34.6 Å². The molecule has 0 spiro atoms. The van der Waals surface area contributed by atoms with Crippen LogP contribution in [0.25, 0.3) is 11.1 Å². The van der Waals surface area contributed by atoms with Crippen molar-refractivity contribution >= 4 is 45.5 Å². The van der Waals surface area contributed by atoms with E-state index < -0.39 is 5.97 Å². The molecule has 1 aromatic heterocycles. The lowest BCUT2D eigenvalue weighted by molar-refractivity contribution is 0.0701. The molecule has 4 nitrogen and oxygen atoms in total. The summed E-state index contributed by atoms with van der Waals surface area (Å²) in [6.07, 6.45) is 0.462. The van der Waals surface area contributed by atoms with Gasteiger partial charge in [-0.15, -0.1) is 11.3 Å². The van der Waals surface area contributed by atoms with Gasteiger partial charge in [0.1, 0.15) is 9.88 Å². The van der Waals surface area contributed by atoms with E-state index in [2.05, 4.69) is 4.90 Å². The molecule has 0 atom stereocenters. The molecule has 7 heteroatoms. The maximum atomic E-state index is 12.1. The average molecular weight is 448 g/mol. The second-order valence-corrected chi connectivity index (χ2v) is 8.60. The van der Waals surface area contributed by atoms with Crippen molar-refractivity contribution in [1.82, 2.24) is 0 Å². The van der Waals surface area contributed by atoms with Crippen molar-refractivity contribution in [2.24, 2.45) is 0 Å². The molecule has 0 bridgehead atoms. The summed E-state index contributed by atoms with van der Waals surface area (Å²) in [5.41, 5.74) is 3.70. The Morgan fingerprint density at radius 1 is 1.07 bits per heavy atom. The quantitative estimate of drug-likeness (QED) is 0.532. The molecule has 2 aromatic carbocycles. The van der Waals surface area contributed by atoms with Gasteiger partial charge in [0.05, 0.1) is 23.3 Å². The zero-order chi connectivity index (χ0) is 20.4. The lowest BCUT2D eigenvalue weighted by Crippen LogP contribution is -2.36. The van der Waals surface area contributed by atoms with E-state index in [4.69, 9.17) is 27.9 Å². The van der Waals surface area contributed by atoms with E-state index in [1.807, 2.05) is 36.4 Å². The molecule has 0 saturated carbocycles. The SMILES string of the molecule is O=C(O)c1sc(N2CCOCC2)c(-c2ccccc2)c1Cc1ccc(Cl)c(Cl)c1. The number of aromatic carboxylic acids is 1. The summed E-state index contributed by atoms with van der Waals surface area (Å²) in [5.74, 6) is -0.915. The molecule has 4 rings (SSSR count). The monoisotopic (exact) mass is 447 g/mol. The van der Waals surface area contributed by atoms with Crippen LogP contribution >= 0.6 is 34.5 Å².